The van der Waals surface area contributed by atoms with Crippen LogP contribution in [-0.2, 0) is 9.47 Å². The molecule has 0 aliphatic carbocycles. The minimum absolute atomic E-state index is 0.00944. The molecule has 3 rings (SSSR count). The minimum Gasteiger partial charge on any atom is -0.376 e. The van der Waals surface area contributed by atoms with E-state index in [4.69, 9.17) is 9.47 Å². The first-order chi connectivity index (χ1) is 10.2. The molecule has 2 fully saturated rings. The van der Waals surface area contributed by atoms with Crippen molar-refractivity contribution in [3.63, 3.8) is 0 Å². The number of likely N-dealkylation sites (N-methyl/N-ethyl adjacent to an activating group) is 1. The Hall–Kier alpha value is -1.50. The fourth-order valence-electron chi connectivity index (χ4n) is 2.97. The van der Waals surface area contributed by atoms with Crippen molar-refractivity contribution in [3.8, 4) is 0 Å². The van der Waals surface area contributed by atoms with Crippen LogP contribution in [0, 0.1) is 0 Å². The zero-order chi connectivity index (χ0) is 14.7. The van der Waals surface area contributed by atoms with Gasteiger partial charge in [-0.1, -0.05) is 0 Å². The Morgan fingerprint density at radius 2 is 2.24 bits per heavy atom. The quantitative estimate of drug-likeness (QED) is 0.742. The summed E-state index contributed by atoms with van der Waals surface area (Å²) in [4.78, 5) is 20.7. The van der Waals surface area contributed by atoms with E-state index in [0.29, 0.717) is 38.5 Å². The molecular weight excluding hydrogens is 270 g/mol. The lowest BCUT2D eigenvalue weighted by Gasteiger charge is -2.42. The summed E-state index contributed by atoms with van der Waals surface area (Å²) in [5.74, 6) is -0.00944. The standard InChI is InChI=1S/C15H21N3O3/c1-17-5-8-21-15(10-17)11-18(6-7-20-12-15)14(19)13-3-2-4-16-9-13/h2-4,9H,5-8,10-12H2,1H3/t15-/m0/s1. The van der Waals surface area contributed by atoms with E-state index in [2.05, 4.69) is 16.9 Å². The van der Waals surface area contributed by atoms with E-state index in [-0.39, 0.29) is 5.91 Å². The number of carbonyl (C=O) groups excluding carboxylic acids is 1. The van der Waals surface area contributed by atoms with Crippen LogP contribution < -0.4 is 0 Å². The van der Waals surface area contributed by atoms with E-state index in [9.17, 15) is 4.79 Å². The minimum atomic E-state index is -0.415. The first kappa shape index (κ1) is 14.4. The van der Waals surface area contributed by atoms with Crippen LogP contribution in [0.3, 0.4) is 0 Å². The molecule has 1 aromatic rings. The van der Waals surface area contributed by atoms with E-state index in [0.717, 1.165) is 13.1 Å². The van der Waals surface area contributed by atoms with Crippen molar-refractivity contribution < 1.29 is 14.3 Å². The van der Waals surface area contributed by atoms with Gasteiger partial charge in [0.15, 0.2) is 0 Å². The van der Waals surface area contributed by atoms with Crippen molar-refractivity contribution >= 4 is 5.91 Å². The molecule has 6 nitrogen and oxygen atoms in total. The van der Waals surface area contributed by atoms with Gasteiger partial charge >= 0.3 is 0 Å². The predicted molar refractivity (Wildman–Crippen MR) is 77.1 cm³/mol. The third-order valence-corrected chi connectivity index (χ3v) is 3.98. The van der Waals surface area contributed by atoms with Crippen LogP contribution in [0.15, 0.2) is 24.5 Å². The number of carbonyl (C=O) groups is 1. The van der Waals surface area contributed by atoms with Crippen LogP contribution in [0.4, 0.5) is 0 Å². The number of hydrogen-bond donors (Lipinski definition) is 0. The van der Waals surface area contributed by atoms with Gasteiger partial charge in [0, 0.05) is 32.0 Å². The van der Waals surface area contributed by atoms with Crippen molar-refractivity contribution in [1.29, 1.82) is 0 Å². The average molecular weight is 291 g/mol. The molecular formula is C15H21N3O3. The summed E-state index contributed by atoms with van der Waals surface area (Å²) in [5.41, 5.74) is 0.195. The highest BCUT2D eigenvalue weighted by molar-refractivity contribution is 5.93. The molecule has 0 radical (unpaired) electrons. The molecule has 3 heterocycles. The summed E-state index contributed by atoms with van der Waals surface area (Å²) in [5, 5.41) is 0. The van der Waals surface area contributed by atoms with Gasteiger partial charge in [0.25, 0.3) is 5.91 Å². The molecule has 1 spiro atoms. The molecule has 2 saturated heterocycles. The summed E-state index contributed by atoms with van der Waals surface area (Å²) in [6, 6.07) is 3.57. The lowest BCUT2D eigenvalue weighted by Crippen LogP contribution is -2.58. The molecule has 0 bridgehead atoms. The highest BCUT2D eigenvalue weighted by Crippen LogP contribution is 2.22. The first-order valence-corrected chi connectivity index (χ1v) is 7.28. The number of nitrogens with zero attached hydrogens (tertiary/aromatic N) is 3. The van der Waals surface area contributed by atoms with Gasteiger partial charge in [-0.15, -0.1) is 0 Å². The Balaban J connectivity index is 1.77. The van der Waals surface area contributed by atoms with Crippen molar-refractivity contribution in [2.75, 3.05) is 53.0 Å². The molecule has 0 aromatic carbocycles. The fourth-order valence-corrected chi connectivity index (χ4v) is 2.97. The van der Waals surface area contributed by atoms with Gasteiger partial charge in [-0.3, -0.25) is 9.78 Å². The molecule has 21 heavy (non-hydrogen) atoms. The second-order valence-electron chi connectivity index (χ2n) is 5.79. The second kappa shape index (κ2) is 6.09. The Morgan fingerprint density at radius 1 is 1.33 bits per heavy atom. The van der Waals surface area contributed by atoms with Gasteiger partial charge in [-0.05, 0) is 19.2 Å². The number of amides is 1. The SMILES string of the molecule is CN1CCO[C@@]2(COCCN(C(=O)c3cccnc3)C2)C1. The molecule has 6 heteroatoms. The first-order valence-electron chi connectivity index (χ1n) is 7.28. The third-order valence-electron chi connectivity index (χ3n) is 3.98. The lowest BCUT2D eigenvalue weighted by molar-refractivity contribution is -0.134. The molecule has 1 aromatic heterocycles. The maximum Gasteiger partial charge on any atom is 0.255 e. The molecule has 0 N–H and O–H groups in total. The van der Waals surface area contributed by atoms with Crippen molar-refractivity contribution in [1.82, 2.24) is 14.8 Å². The molecule has 0 saturated carbocycles. The molecule has 2 aliphatic rings. The van der Waals surface area contributed by atoms with Crippen LogP contribution >= 0.6 is 0 Å². The van der Waals surface area contributed by atoms with Gasteiger partial charge in [-0.2, -0.15) is 0 Å². The zero-order valence-corrected chi connectivity index (χ0v) is 12.3. The second-order valence-corrected chi connectivity index (χ2v) is 5.79. The van der Waals surface area contributed by atoms with Crippen LogP contribution in [0.5, 0.6) is 0 Å². The summed E-state index contributed by atoms with van der Waals surface area (Å²) in [6.07, 6.45) is 3.28. The van der Waals surface area contributed by atoms with Gasteiger partial charge in [0.2, 0.25) is 0 Å². The highest BCUT2D eigenvalue weighted by Gasteiger charge is 2.40. The van der Waals surface area contributed by atoms with E-state index in [1.165, 1.54) is 0 Å². The fraction of sp³-hybridized carbons (Fsp3) is 0.600. The summed E-state index contributed by atoms with van der Waals surface area (Å²) in [7, 11) is 2.07. The maximum atomic E-state index is 12.6. The average Bonchev–Trinajstić information content (AvgIpc) is 2.70. The molecule has 114 valence electrons. The normalized spacial score (nSPS) is 27.6. The number of ether oxygens (including phenoxy) is 2. The van der Waals surface area contributed by atoms with Gasteiger partial charge in [0.1, 0.15) is 5.60 Å². The van der Waals surface area contributed by atoms with E-state index in [1.807, 2.05) is 4.90 Å². The van der Waals surface area contributed by atoms with Gasteiger partial charge < -0.3 is 19.3 Å². The lowest BCUT2D eigenvalue weighted by atomic mass is 10.0. The number of hydrogen-bond acceptors (Lipinski definition) is 5. The number of pyridine rings is 1. The van der Waals surface area contributed by atoms with Crippen LogP contribution in [0.1, 0.15) is 10.4 Å². The van der Waals surface area contributed by atoms with Crippen LogP contribution in [0.2, 0.25) is 0 Å². The van der Waals surface area contributed by atoms with E-state index < -0.39 is 5.60 Å². The van der Waals surface area contributed by atoms with Crippen molar-refractivity contribution in [3.05, 3.63) is 30.1 Å². The van der Waals surface area contributed by atoms with Crippen LogP contribution in [0.25, 0.3) is 0 Å². The zero-order valence-electron chi connectivity index (χ0n) is 12.3. The van der Waals surface area contributed by atoms with Crippen molar-refractivity contribution in [2.45, 2.75) is 5.60 Å². The van der Waals surface area contributed by atoms with Gasteiger partial charge in [0.05, 0.1) is 31.9 Å². The molecule has 0 unspecified atom stereocenters. The Morgan fingerprint density at radius 3 is 3.00 bits per heavy atom. The van der Waals surface area contributed by atoms with E-state index in [1.54, 1.807) is 24.5 Å². The predicted octanol–water partition coefficient (Wildman–Crippen LogP) is 0.255. The smallest absolute Gasteiger partial charge is 0.255 e. The summed E-state index contributed by atoms with van der Waals surface area (Å²) in [6.45, 7) is 4.60. The Labute approximate surface area is 124 Å². The Bertz CT molecular complexity index is 496. The van der Waals surface area contributed by atoms with Crippen molar-refractivity contribution in [2.24, 2.45) is 0 Å². The molecule has 1 amide bonds. The summed E-state index contributed by atoms with van der Waals surface area (Å²) >= 11 is 0. The maximum absolute atomic E-state index is 12.6. The molecule has 2 aliphatic heterocycles. The number of rotatable bonds is 1. The topological polar surface area (TPSA) is 54.9 Å². The Kier molecular flexibility index (Phi) is 4.19. The van der Waals surface area contributed by atoms with Crippen LogP contribution in [-0.4, -0.2) is 79.3 Å². The number of aromatic nitrogens is 1. The third kappa shape index (κ3) is 3.23. The monoisotopic (exact) mass is 291 g/mol. The molecule has 1 atom stereocenters. The highest BCUT2D eigenvalue weighted by atomic mass is 16.5. The largest absolute Gasteiger partial charge is 0.376 e. The number of morpholine rings is 1. The van der Waals surface area contributed by atoms with Gasteiger partial charge in [-0.25, -0.2) is 0 Å². The van der Waals surface area contributed by atoms with E-state index >= 15 is 0 Å². The summed E-state index contributed by atoms with van der Waals surface area (Å²) < 4.78 is 11.7.